The van der Waals surface area contributed by atoms with Crippen LogP contribution in [0.1, 0.15) is 21.5 Å². The van der Waals surface area contributed by atoms with Gasteiger partial charge in [0.1, 0.15) is 5.56 Å². The Balaban J connectivity index is 2.58. The average molecular weight is 345 g/mol. The van der Waals surface area contributed by atoms with E-state index in [1.807, 2.05) is 0 Å². The first-order valence-corrected chi connectivity index (χ1v) is 6.39. The Hall–Kier alpha value is -2.84. The summed E-state index contributed by atoms with van der Waals surface area (Å²) in [7, 11) is 0. The van der Waals surface area contributed by atoms with E-state index in [0.717, 1.165) is 12.1 Å². The molecule has 0 amide bonds. The van der Waals surface area contributed by atoms with E-state index in [4.69, 9.17) is 0 Å². The van der Waals surface area contributed by atoms with Crippen LogP contribution in [-0.2, 0) is 12.1 Å². The zero-order chi connectivity index (χ0) is 18.1. The third-order valence-corrected chi connectivity index (χ3v) is 3.18. The van der Waals surface area contributed by atoms with Crippen molar-refractivity contribution < 1.29 is 31.7 Å². The van der Waals surface area contributed by atoms with E-state index in [9.17, 15) is 36.9 Å². The maximum atomic E-state index is 14.3. The van der Waals surface area contributed by atoms with Gasteiger partial charge >= 0.3 is 12.1 Å². The molecule has 0 saturated carbocycles. The molecule has 0 spiro atoms. The van der Waals surface area contributed by atoms with Gasteiger partial charge in [-0.3, -0.25) is 14.9 Å². The SMILES string of the molecule is O=C(c1ccccc1)C(F)(F)c1ccc(C(F)(F)F)cc1[N+](=O)[O-]. The minimum atomic E-state index is -4.94. The Morgan fingerprint density at radius 3 is 2.04 bits per heavy atom. The average Bonchev–Trinajstić information content (AvgIpc) is 2.53. The van der Waals surface area contributed by atoms with Gasteiger partial charge in [-0.1, -0.05) is 30.3 Å². The lowest BCUT2D eigenvalue weighted by molar-refractivity contribution is -0.386. The van der Waals surface area contributed by atoms with E-state index in [1.165, 1.54) is 18.2 Å². The molecule has 0 aliphatic carbocycles. The highest BCUT2D eigenvalue weighted by Gasteiger charge is 2.47. The standard InChI is InChI=1S/C15H8F5NO3/c16-14(17,13(22)9-4-2-1-3-5-9)11-7-6-10(15(18,19)20)8-12(11)21(23)24/h1-8H. The van der Waals surface area contributed by atoms with Crippen LogP contribution in [0, 0.1) is 10.1 Å². The van der Waals surface area contributed by atoms with Gasteiger partial charge in [-0.05, 0) is 12.1 Å². The predicted molar refractivity (Wildman–Crippen MR) is 72.8 cm³/mol. The lowest BCUT2D eigenvalue weighted by Crippen LogP contribution is -2.27. The summed E-state index contributed by atoms with van der Waals surface area (Å²) < 4.78 is 66.5. The maximum Gasteiger partial charge on any atom is 0.416 e. The van der Waals surface area contributed by atoms with Crippen molar-refractivity contribution in [3.8, 4) is 0 Å². The topological polar surface area (TPSA) is 60.2 Å². The molecule has 9 heteroatoms. The molecule has 0 aromatic heterocycles. The molecule has 2 rings (SSSR count). The smallest absolute Gasteiger partial charge is 0.287 e. The van der Waals surface area contributed by atoms with Gasteiger partial charge in [0.25, 0.3) is 5.69 Å². The minimum Gasteiger partial charge on any atom is -0.287 e. The van der Waals surface area contributed by atoms with Crippen LogP contribution in [0.3, 0.4) is 0 Å². The number of nitrogens with zero attached hydrogens (tertiary/aromatic N) is 1. The zero-order valence-corrected chi connectivity index (χ0v) is 11.7. The van der Waals surface area contributed by atoms with E-state index in [1.54, 1.807) is 0 Å². The van der Waals surface area contributed by atoms with Crippen LogP contribution in [0.15, 0.2) is 48.5 Å². The van der Waals surface area contributed by atoms with E-state index in [0.29, 0.717) is 0 Å². The van der Waals surface area contributed by atoms with Crippen molar-refractivity contribution in [2.45, 2.75) is 12.1 Å². The number of hydrogen-bond acceptors (Lipinski definition) is 3. The van der Waals surface area contributed by atoms with Gasteiger partial charge in [0, 0.05) is 11.6 Å². The number of carbonyl (C=O) groups is 1. The molecule has 2 aromatic carbocycles. The molecule has 0 N–H and O–H groups in total. The second kappa shape index (κ2) is 5.99. The van der Waals surface area contributed by atoms with Crippen molar-refractivity contribution in [3.05, 3.63) is 75.3 Å². The fourth-order valence-corrected chi connectivity index (χ4v) is 2.02. The van der Waals surface area contributed by atoms with Crippen LogP contribution >= 0.6 is 0 Å². The lowest BCUT2D eigenvalue weighted by Gasteiger charge is -2.16. The lowest BCUT2D eigenvalue weighted by atomic mass is 9.96. The van der Waals surface area contributed by atoms with Crippen molar-refractivity contribution in [1.82, 2.24) is 0 Å². The van der Waals surface area contributed by atoms with Gasteiger partial charge < -0.3 is 0 Å². The summed E-state index contributed by atoms with van der Waals surface area (Å²) in [5.74, 6) is -6.10. The number of carbonyl (C=O) groups excluding carboxylic acids is 1. The van der Waals surface area contributed by atoms with Gasteiger partial charge in [0.05, 0.1) is 10.5 Å². The van der Waals surface area contributed by atoms with Crippen LogP contribution < -0.4 is 0 Å². The van der Waals surface area contributed by atoms with E-state index in [2.05, 4.69) is 0 Å². The number of hydrogen-bond donors (Lipinski definition) is 0. The Bertz CT molecular complexity index is 787. The summed E-state index contributed by atoms with van der Waals surface area (Å²) in [4.78, 5) is 21.5. The van der Waals surface area contributed by atoms with E-state index >= 15 is 0 Å². The molecular formula is C15H8F5NO3. The minimum absolute atomic E-state index is 0.0124. The fraction of sp³-hybridized carbons (Fsp3) is 0.133. The Labute approximate surface area is 131 Å². The number of ketones is 1. The largest absolute Gasteiger partial charge is 0.416 e. The van der Waals surface area contributed by atoms with Crippen LogP contribution in [0.4, 0.5) is 27.6 Å². The van der Waals surface area contributed by atoms with Crippen molar-refractivity contribution in [2.75, 3.05) is 0 Å². The summed E-state index contributed by atoms with van der Waals surface area (Å²) in [6, 6.07) is 6.75. The first kappa shape index (κ1) is 17.5. The maximum absolute atomic E-state index is 14.3. The number of halogens is 5. The fourth-order valence-electron chi connectivity index (χ4n) is 2.02. The Morgan fingerprint density at radius 2 is 1.54 bits per heavy atom. The van der Waals surface area contributed by atoms with Crippen molar-refractivity contribution in [2.24, 2.45) is 0 Å². The van der Waals surface area contributed by atoms with Gasteiger partial charge in [-0.2, -0.15) is 22.0 Å². The van der Waals surface area contributed by atoms with Gasteiger partial charge in [-0.25, -0.2) is 0 Å². The second-order valence-electron chi connectivity index (χ2n) is 4.76. The van der Waals surface area contributed by atoms with E-state index in [-0.39, 0.29) is 18.2 Å². The molecule has 0 radical (unpaired) electrons. The van der Waals surface area contributed by atoms with Crippen LogP contribution in [-0.4, -0.2) is 10.7 Å². The molecule has 0 heterocycles. The zero-order valence-electron chi connectivity index (χ0n) is 11.7. The Kier molecular flexibility index (Phi) is 4.37. The third kappa shape index (κ3) is 3.24. The molecule has 0 atom stereocenters. The molecule has 4 nitrogen and oxygen atoms in total. The molecule has 2 aromatic rings. The molecule has 0 aliphatic rings. The van der Waals surface area contributed by atoms with E-state index < -0.39 is 45.2 Å². The van der Waals surface area contributed by atoms with Gasteiger partial charge in [-0.15, -0.1) is 0 Å². The first-order valence-electron chi connectivity index (χ1n) is 6.39. The molecule has 0 saturated heterocycles. The van der Waals surface area contributed by atoms with Crippen LogP contribution in [0.2, 0.25) is 0 Å². The van der Waals surface area contributed by atoms with Gasteiger partial charge in [0.15, 0.2) is 0 Å². The number of benzene rings is 2. The predicted octanol–water partition coefficient (Wildman–Crippen LogP) is 4.59. The number of Topliss-reactive ketones (excluding diaryl/α,β-unsaturated/α-hetero) is 1. The van der Waals surface area contributed by atoms with Crippen molar-refractivity contribution >= 4 is 11.5 Å². The third-order valence-electron chi connectivity index (χ3n) is 3.18. The highest BCUT2D eigenvalue weighted by molar-refractivity contribution is 6.02. The number of alkyl halides is 5. The number of nitro benzene ring substituents is 1. The highest BCUT2D eigenvalue weighted by Crippen LogP contribution is 2.40. The van der Waals surface area contributed by atoms with Crippen molar-refractivity contribution in [3.63, 3.8) is 0 Å². The quantitative estimate of drug-likeness (QED) is 0.352. The van der Waals surface area contributed by atoms with Crippen LogP contribution in [0.25, 0.3) is 0 Å². The molecule has 0 unspecified atom stereocenters. The summed E-state index contributed by atoms with van der Waals surface area (Å²) in [5, 5.41) is 10.9. The van der Waals surface area contributed by atoms with Crippen LogP contribution in [0.5, 0.6) is 0 Å². The monoisotopic (exact) mass is 345 g/mol. The summed E-state index contributed by atoms with van der Waals surface area (Å²) in [5.41, 5.74) is -4.74. The first-order chi connectivity index (χ1) is 11.0. The molecule has 126 valence electrons. The number of nitro groups is 1. The summed E-state index contributed by atoms with van der Waals surface area (Å²) >= 11 is 0. The molecule has 0 fully saturated rings. The molecule has 24 heavy (non-hydrogen) atoms. The molecule has 0 aliphatic heterocycles. The highest BCUT2D eigenvalue weighted by atomic mass is 19.4. The number of rotatable bonds is 4. The summed E-state index contributed by atoms with van der Waals surface area (Å²) in [6.07, 6.45) is -4.94. The Morgan fingerprint density at radius 1 is 0.958 bits per heavy atom. The second-order valence-corrected chi connectivity index (χ2v) is 4.76. The van der Waals surface area contributed by atoms with Crippen molar-refractivity contribution in [1.29, 1.82) is 0 Å². The summed E-state index contributed by atoms with van der Waals surface area (Å²) in [6.45, 7) is 0. The molecule has 0 bridgehead atoms. The molecular weight excluding hydrogens is 337 g/mol. The van der Waals surface area contributed by atoms with Gasteiger partial charge in [0.2, 0.25) is 5.78 Å². The normalized spacial score (nSPS) is 12.0.